The molecule has 2 rings (SSSR count). The topological polar surface area (TPSA) is 40.6 Å². The lowest BCUT2D eigenvalue weighted by molar-refractivity contribution is -0.913. The van der Waals surface area contributed by atoms with Gasteiger partial charge in [-0.3, -0.25) is 9.59 Å². The second kappa shape index (κ2) is 13.5. The number of carbonyl (C=O) groups excluding carboxylic acids is 2. The highest BCUT2D eigenvalue weighted by atomic mass is 16.2. The van der Waals surface area contributed by atoms with Gasteiger partial charge in [0.05, 0.1) is 74.3 Å². The number of rotatable bonds is 13. The molecule has 0 N–H and O–H groups in total. The SMILES string of the molecule is [2H]C([2H])([2H])[N+]1(CCC(=O)N(C)CCCCCCN(C)C(=O)CC[N+]2(C([2H])([2H])[2H])CCCCC2)CCCCC1. The first-order chi connectivity index (χ1) is 17.7. The molecule has 2 saturated heterocycles. The fourth-order valence-electron chi connectivity index (χ4n) is 4.98. The van der Waals surface area contributed by atoms with Gasteiger partial charge in [-0.1, -0.05) is 12.8 Å². The van der Waals surface area contributed by atoms with Crippen LogP contribution in [0.1, 0.15) is 85.3 Å². The minimum Gasteiger partial charge on any atom is -0.346 e. The highest BCUT2D eigenvalue weighted by molar-refractivity contribution is 5.76. The van der Waals surface area contributed by atoms with Gasteiger partial charge in [-0.05, 0) is 51.4 Å². The monoisotopic (exact) mass is 458 g/mol. The van der Waals surface area contributed by atoms with Gasteiger partial charge in [0.1, 0.15) is 0 Å². The Morgan fingerprint density at radius 1 is 0.656 bits per heavy atom. The Balaban J connectivity index is 1.62. The van der Waals surface area contributed by atoms with Crippen molar-refractivity contribution in [3.8, 4) is 0 Å². The lowest BCUT2D eigenvalue weighted by Gasteiger charge is -2.38. The molecule has 2 aliphatic heterocycles. The van der Waals surface area contributed by atoms with Crippen LogP contribution in [0.15, 0.2) is 0 Å². The van der Waals surface area contributed by atoms with E-state index in [1.54, 1.807) is 23.9 Å². The van der Waals surface area contributed by atoms with Crippen LogP contribution in [0.2, 0.25) is 0 Å². The Labute approximate surface area is 206 Å². The highest BCUT2D eigenvalue weighted by Gasteiger charge is 2.27. The number of piperidine rings is 2. The smallest absolute Gasteiger partial charge is 0.227 e. The first kappa shape index (κ1) is 19.2. The van der Waals surface area contributed by atoms with E-state index >= 15 is 0 Å². The number of hydrogen-bond donors (Lipinski definition) is 0. The molecule has 0 saturated carbocycles. The molecule has 6 heteroatoms. The largest absolute Gasteiger partial charge is 0.346 e. The van der Waals surface area contributed by atoms with E-state index in [2.05, 4.69) is 0 Å². The van der Waals surface area contributed by atoms with Crippen molar-refractivity contribution in [2.75, 3.05) is 80.4 Å². The highest BCUT2D eigenvalue weighted by Crippen LogP contribution is 2.18. The molecule has 0 bridgehead atoms. The standard InChI is InChI=1S/C26H52N4O2/c1-27(25(31)15-23-29(3)19-11-7-12-20-29)17-9-5-6-10-18-28(2)26(32)16-24-30(4)21-13-8-14-22-30/h5-24H2,1-4H3/q+2/i3D3,4D3. The molecule has 0 aromatic rings. The van der Waals surface area contributed by atoms with Gasteiger partial charge in [-0.15, -0.1) is 0 Å². The Hall–Kier alpha value is -1.14. The Morgan fingerprint density at radius 3 is 1.38 bits per heavy atom. The number of nitrogens with zero attached hydrogens (tertiary/aromatic N) is 4. The summed E-state index contributed by atoms with van der Waals surface area (Å²) >= 11 is 0. The van der Waals surface area contributed by atoms with E-state index in [9.17, 15) is 9.59 Å². The molecule has 0 unspecified atom stereocenters. The summed E-state index contributed by atoms with van der Waals surface area (Å²) in [6.07, 6.45) is 9.95. The zero-order valence-corrected chi connectivity index (χ0v) is 20.7. The maximum Gasteiger partial charge on any atom is 0.227 e. The van der Waals surface area contributed by atoms with Crippen LogP contribution in [0, 0.1) is 0 Å². The zero-order chi connectivity index (χ0) is 28.5. The first-order valence-corrected chi connectivity index (χ1v) is 12.9. The van der Waals surface area contributed by atoms with Crippen molar-refractivity contribution < 1.29 is 26.8 Å². The average Bonchev–Trinajstić information content (AvgIpc) is 2.87. The molecular formula is C26H52N4O2+2. The van der Waals surface area contributed by atoms with Gasteiger partial charge >= 0.3 is 0 Å². The molecular weight excluding hydrogens is 400 g/mol. The molecule has 0 aromatic carbocycles. The molecule has 0 aromatic heterocycles. The quantitative estimate of drug-likeness (QED) is 0.313. The lowest BCUT2D eigenvalue weighted by Crippen LogP contribution is -2.49. The summed E-state index contributed by atoms with van der Waals surface area (Å²) in [4.78, 5) is 28.7. The van der Waals surface area contributed by atoms with Gasteiger partial charge in [0.15, 0.2) is 0 Å². The second-order valence-corrected chi connectivity index (χ2v) is 10.3. The molecule has 2 amide bonds. The number of unbranched alkanes of at least 4 members (excludes halogenated alkanes) is 3. The summed E-state index contributed by atoms with van der Waals surface area (Å²) in [5, 5.41) is 0. The minimum atomic E-state index is -2.07. The van der Waals surface area contributed by atoms with E-state index in [0.717, 1.165) is 64.2 Å². The van der Waals surface area contributed by atoms with E-state index in [1.165, 1.54) is 0 Å². The van der Waals surface area contributed by atoms with Gasteiger partial charge < -0.3 is 18.8 Å². The molecule has 0 radical (unpaired) electrons. The van der Waals surface area contributed by atoms with Gasteiger partial charge in [-0.25, -0.2) is 0 Å². The van der Waals surface area contributed by atoms with Crippen molar-refractivity contribution in [1.29, 1.82) is 0 Å². The molecule has 2 aliphatic rings. The maximum absolute atomic E-state index is 12.7. The van der Waals surface area contributed by atoms with Gasteiger partial charge in [0.2, 0.25) is 11.8 Å². The molecule has 2 fully saturated rings. The zero-order valence-electron chi connectivity index (χ0n) is 26.7. The Bertz CT molecular complexity index is 685. The maximum atomic E-state index is 12.7. The van der Waals surface area contributed by atoms with E-state index in [0.29, 0.717) is 52.4 Å². The van der Waals surface area contributed by atoms with Crippen LogP contribution in [0.25, 0.3) is 0 Å². The second-order valence-electron chi connectivity index (χ2n) is 10.3. The fraction of sp³-hybridized carbons (Fsp3) is 0.923. The molecule has 0 spiro atoms. The van der Waals surface area contributed by atoms with Crippen LogP contribution in [0.4, 0.5) is 0 Å². The van der Waals surface area contributed by atoms with E-state index in [4.69, 9.17) is 8.22 Å². The number of amides is 2. The fourth-order valence-corrected chi connectivity index (χ4v) is 4.98. The van der Waals surface area contributed by atoms with Crippen molar-refractivity contribution in [3.05, 3.63) is 0 Å². The van der Waals surface area contributed by atoms with Gasteiger partial charge in [0, 0.05) is 27.2 Å². The van der Waals surface area contributed by atoms with E-state index in [-0.39, 0.29) is 33.6 Å². The predicted molar refractivity (Wildman–Crippen MR) is 132 cm³/mol. The van der Waals surface area contributed by atoms with Crippen LogP contribution in [0.3, 0.4) is 0 Å². The van der Waals surface area contributed by atoms with Crippen LogP contribution < -0.4 is 0 Å². The predicted octanol–water partition coefficient (Wildman–Crippen LogP) is 3.50. The summed E-state index contributed by atoms with van der Waals surface area (Å²) in [5.74, 6) is 0.0164. The van der Waals surface area contributed by atoms with Gasteiger partial charge in [-0.2, -0.15) is 0 Å². The van der Waals surface area contributed by atoms with Gasteiger partial charge in [0.25, 0.3) is 0 Å². The minimum absolute atomic E-state index is 0.00819. The Kier molecular flexibility index (Phi) is 8.12. The molecule has 0 atom stereocenters. The third-order valence-electron chi connectivity index (χ3n) is 7.44. The number of carbonyl (C=O) groups is 2. The summed E-state index contributed by atoms with van der Waals surface area (Å²) in [6, 6.07) is 0. The van der Waals surface area contributed by atoms with Crippen molar-refractivity contribution in [1.82, 2.24) is 9.80 Å². The number of likely N-dealkylation sites (tertiary alicyclic amines) is 2. The van der Waals surface area contributed by atoms with Crippen LogP contribution in [-0.4, -0.2) is 111 Å². The lowest BCUT2D eigenvalue weighted by atomic mass is 10.1. The van der Waals surface area contributed by atoms with E-state index < -0.39 is 14.0 Å². The van der Waals surface area contributed by atoms with Crippen molar-refractivity contribution >= 4 is 11.8 Å². The van der Waals surface area contributed by atoms with Crippen molar-refractivity contribution in [2.24, 2.45) is 0 Å². The molecule has 2 heterocycles. The molecule has 0 aliphatic carbocycles. The molecule has 186 valence electrons. The molecule has 32 heavy (non-hydrogen) atoms. The number of quaternary nitrogens is 2. The summed E-state index contributed by atoms with van der Waals surface area (Å²) in [7, 11) is 3.59. The third-order valence-corrected chi connectivity index (χ3v) is 7.44. The summed E-state index contributed by atoms with van der Waals surface area (Å²) < 4.78 is 48.1. The third kappa shape index (κ3) is 9.78. The van der Waals surface area contributed by atoms with E-state index in [1.807, 2.05) is 0 Å². The van der Waals surface area contributed by atoms with Crippen LogP contribution >= 0.6 is 0 Å². The summed E-state index contributed by atoms with van der Waals surface area (Å²) in [5.41, 5.74) is 0. The average molecular weight is 459 g/mol. The molecule has 6 nitrogen and oxygen atoms in total. The normalized spacial score (nSPS) is 23.6. The van der Waals surface area contributed by atoms with Crippen LogP contribution in [-0.2, 0) is 9.59 Å². The number of hydrogen-bond acceptors (Lipinski definition) is 2. The first-order valence-electron chi connectivity index (χ1n) is 15.9. The van der Waals surface area contributed by atoms with Crippen molar-refractivity contribution in [3.63, 3.8) is 0 Å². The summed E-state index contributed by atoms with van der Waals surface area (Å²) in [6.45, 7) is 0.437. The van der Waals surface area contributed by atoms with Crippen LogP contribution in [0.5, 0.6) is 0 Å². The Morgan fingerprint density at radius 2 is 1.03 bits per heavy atom. The van der Waals surface area contributed by atoms with Crippen molar-refractivity contribution in [2.45, 2.75) is 77.0 Å².